The van der Waals surface area contributed by atoms with Gasteiger partial charge in [-0.1, -0.05) is 20.8 Å². The van der Waals surface area contributed by atoms with Crippen molar-refractivity contribution in [2.75, 3.05) is 5.43 Å². The minimum Gasteiger partial charge on any atom is -0.459 e. The Morgan fingerprint density at radius 1 is 1.32 bits per heavy atom. The molecule has 3 heterocycles. The first-order valence-corrected chi connectivity index (χ1v) is 7.61. The summed E-state index contributed by atoms with van der Waals surface area (Å²) in [6, 6.07) is 5.31. The SMILES string of the molecule is CC(C)(C)c1cc2ncnc(NNC(=O)c3ccco3)c2s1. The summed E-state index contributed by atoms with van der Waals surface area (Å²) in [4.78, 5) is 21.6. The van der Waals surface area contributed by atoms with Crippen molar-refractivity contribution in [3.05, 3.63) is 41.4 Å². The van der Waals surface area contributed by atoms with Gasteiger partial charge in [0.05, 0.1) is 16.5 Å². The molecule has 0 atom stereocenters. The maximum atomic E-state index is 11.9. The van der Waals surface area contributed by atoms with Gasteiger partial charge in [0.1, 0.15) is 6.33 Å². The van der Waals surface area contributed by atoms with Gasteiger partial charge in [0.2, 0.25) is 0 Å². The summed E-state index contributed by atoms with van der Waals surface area (Å²) < 4.78 is 5.95. The van der Waals surface area contributed by atoms with E-state index in [-0.39, 0.29) is 17.1 Å². The third-order valence-corrected chi connectivity index (χ3v) is 4.65. The highest BCUT2D eigenvalue weighted by atomic mass is 32.1. The number of thiophene rings is 1. The van der Waals surface area contributed by atoms with Crippen LogP contribution in [0, 0.1) is 0 Å². The van der Waals surface area contributed by atoms with E-state index in [1.807, 2.05) is 0 Å². The first kappa shape index (κ1) is 14.5. The second-order valence-electron chi connectivity index (χ2n) is 5.85. The molecular formula is C15H16N4O2S. The Balaban J connectivity index is 1.85. The van der Waals surface area contributed by atoms with Crippen molar-refractivity contribution in [1.82, 2.24) is 15.4 Å². The zero-order valence-corrected chi connectivity index (χ0v) is 13.3. The molecule has 22 heavy (non-hydrogen) atoms. The minimum atomic E-state index is -0.357. The van der Waals surface area contributed by atoms with Crippen molar-refractivity contribution in [2.45, 2.75) is 26.2 Å². The van der Waals surface area contributed by atoms with Gasteiger partial charge in [-0.3, -0.25) is 15.6 Å². The Labute approximate surface area is 131 Å². The molecule has 0 saturated carbocycles. The number of hydrogen-bond donors (Lipinski definition) is 2. The van der Waals surface area contributed by atoms with Crippen molar-refractivity contribution in [1.29, 1.82) is 0 Å². The van der Waals surface area contributed by atoms with Gasteiger partial charge in [0.15, 0.2) is 11.6 Å². The lowest BCUT2D eigenvalue weighted by atomic mass is 9.95. The fraction of sp³-hybridized carbons (Fsp3) is 0.267. The molecule has 2 N–H and O–H groups in total. The molecule has 0 spiro atoms. The fourth-order valence-electron chi connectivity index (χ4n) is 1.90. The number of carbonyl (C=O) groups excluding carboxylic acids is 1. The van der Waals surface area contributed by atoms with Gasteiger partial charge < -0.3 is 4.42 Å². The molecule has 0 aliphatic carbocycles. The molecule has 3 aromatic rings. The Kier molecular flexibility index (Phi) is 3.58. The van der Waals surface area contributed by atoms with E-state index in [0.29, 0.717) is 5.82 Å². The smallest absolute Gasteiger partial charge is 0.305 e. The van der Waals surface area contributed by atoms with E-state index < -0.39 is 0 Å². The van der Waals surface area contributed by atoms with Gasteiger partial charge in [-0.2, -0.15) is 0 Å². The topological polar surface area (TPSA) is 80.0 Å². The van der Waals surface area contributed by atoms with E-state index >= 15 is 0 Å². The van der Waals surface area contributed by atoms with Crippen molar-refractivity contribution < 1.29 is 9.21 Å². The number of furan rings is 1. The molecule has 3 aromatic heterocycles. The van der Waals surface area contributed by atoms with Crippen LogP contribution in [0.1, 0.15) is 36.2 Å². The molecule has 0 unspecified atom stereocenters. The molecule has 6 nitrogen and oxygen atoms in total. The summed E-state index contributed by atoms with van der Waals surface area (Å²) >= 11 is 1.62. The lowest BCUT2D eigenvalue weighted by Crippen LogP contribution is -2.29. The number of nitrogens with one attached hydrogen (secondary N) is 2. The van der Waals surface area contributed by atoms with Crippen molar-refractivity contribution in [3.63, 3.8) is 0 Å². The van der Waals surface area contributed by atoms with Crippen LogP contribution in [-0.2, 0) is 5.41 Å². The molecule has 0 aliphatic heterocycles. The van der Waals surface area contributed by atoms with Crippen LogP contribution >= 0.6 is 11.3 Å². The van der Waals surface area contributed by atoms with E-state index in [1.54, 1.807) is 23.5 Å². The number of anilines is 1. The van der Waals surface area contributed by atoms with Crippen LogP contribution in [0.5, 0.6) is 0 Å². The molecule has 0 saturated heterocycles. The molecule has 114 valence electrons. The second kappa shape index (κ2) is 5.42. The monoisotopic (exact) mass is 316 g/mol. The standard InChI is InChI=1S/C15H16N4O2S/c1-15(2,3)11-7-9-12(22-11)13(17-8-16-9)18-19-14(20)10-5-4-6-21-10/h4-8H,1-3H3,(H,19,20)(H,16,17,18). The molecule has 0 aliphatic rings. The molecule has 0 bridgehead atoms. The van der Waals surface area contributed by atoms with Gasteiger partial charge >= 0.3 is 5.91 Å². The van der Waals surface area contributed by atoms with Gasteiger partial charge in [0.25, 0.3) is 0 Å². The van der Waals surface area contributed by atoms with Crippen LogP contribution in [0.15, 0.2) is 35.2 Å². The molecule has 0 fully saturated rings. The average molecular weight is 316 g/mol. The Morgan fingerprint density at radius 3 is 2.82 bits per heavy atom. The van der Waals surface area contributed by atoms with Crippen molar-refractivity contribution >= 4 is 33.3 Å². The Hall–Kier alpha value is -2.41. The minimum absolute atomic E-state index is 0.0417. The lowest BCUT2D eigenvalue weighted by Gasteiger charge is -2.14. The van der Waals surface area contributed by atoms with E-state index in [1.165, 1.54) is 17.5 Å². The highest BCUT2D eigenvalue weighted by molar-refractivity contribution is 7.19. The van der Waals surface area contributed by atoms with Gasteiger partial charge in [0, 0.05) is 4.88 Å². The van der Waals surface area contributed by atoms with Crippen LogP contribution in [-0.4, -0.2) is 15.9 Å². The number of amides is 1. The van der Waals surface area contributed by atoms with Gasteiger partial charge in [-0.25, -0.2) is 9.97 Å². The molecule has 0 aromatic carbocycles. The number of fused-ring (bicyclic) bond motifs is 1. The van der Waals surface area contributed by atoms with Crippen LogP contribution in [0.2, 0.25) is 0 Å². The normalized spacial score (nSPS) is 11.6. The maximum absolute atomic E-state index is 11.9. The predicted molar refractivity (Wildman–Crippen MR) is 85.9 cm³/mol. The number of nitrogens with zero attached hydrogens (tertiary/aromatic N) is 2. The number of hydrogen-bond acceptors (Lipinski definition) is 6. The Morgan fingerprint density at radius 2 is 2.14 bits per heavy atom. The van der Waals surface area contributed by atoms with E-state index in [0.717, 1.165) is 10.2 Å². The van der Waals surface area contributed by atoms with Crippen molar-refractivity contribution in [3.8, 4) is 0 Å². The Bertz CT molecular complexity index is 803. The first-order chi connectivity index (χ1) is 10.4. The van der Waals surface area contributed by atoms with Gasteiger partial charge in [-0.05, 0) is 23.6 Å². The van der Waals surface area contributed by atoms with Crippen LogP contribution in [0.3, 0.4) is 0 Å². The number of carbonyl (C=O) groups is 1. The summed E-state index contributed by atoms with van der Waals surface area (Å²) in [5.74, 6) is 0.453. The summed E-state index contributed by atoms with van der Waals surface area (Å²) in [6.45, 7) is 6.45. The van der Waals surface area contributed by atoms with Crippen LogP contribution in [0.25, 0.3) is 10.2 Å². The molecule has 0 radical (unpaired) electrons. The summed E-state index contributed by atoms with van der Waals surface area (Å²) in [6.07, 6.45) is 2.93. The fourth-order valence-corrected chi connectivity index (χ4v) is 3.01. The number of hydrazine groups is 1. The molecule has 3 rings (SSSR count). The number of aromatic nitrogens is 2. The molecular weight excluding hydrogens is 300 g/mol. The van der Waals surface area contributed by atoms with Crippen LogP contribution < -0.4 is 10.9 Å². The summed E-state index contributed by atoms with van der Waals surface area (Å²) in [5.41, 5.74) is 6.32. The first-order valence-electron chi connectivity index (χ1n) is 6.80. The van der Waals surface area contributed by atoms with E-state index in [4.69, 9.17) is 4.42 Å². The zero-order valence-electron chi connectivity index (χ0n) is 12.5. The third kappa shape index (κ3) is 2.80. The van der Waals surface area contributed by atoms with E-state index in [2.05, 4.69) is 47.7 Å². The highest BCUT2D eigenvalue weighted by Crippen LogP contribution is 2.35. The average Bonchev–Trinajstić information content (AvgIpc) is 3.12. The molecule has 1 amide bonds. The quantitative estimate of drug-likeness (QED) is 0.724. The maximum Gasteiger partial charge on any atom is 0.305 e. The largest absolute Gasteiger partial charge is 0.459 e. The lowest BCUT2D eigenvalue weighted by molar-refractivity contribution is 0.0935. The van der Waals surface area contributed by atoms with Crippen LogP contribution in [0.4, 0.5) is 5.82 Å². The summed E-state index contributed by atoms with van der Waals surface area (Å²) in [5, 5.41) is 0. The summed E-state index contributed by atoms with van der Waals surface area (Å²) in [7, 11) is 0. The third-order valence-electron chi connectivity index (χ3n) is 3.09. The van der Waals surface area contributed by atoms with Crippen molar-refractivity contribution in [2.24, 2.45) is 0 Å². The highest BCUT2D eigenvalue weighted by Gasteiger charge is 2.19. The zero-order chi connectivity index (χ0) is 15.7. The van der Waals surface area contributed by atoms with Gasteiger partial charge in [-0.15, -0.1) is 11.3 Å². The van der Waals surface area contributed by atoms with E-state index in [9.17, 15) is 4.79 Å². The second-order valence-corrected chi connectivity index (χ2v) is 6.91. The molecule has 7 heteroatoms. The number of rotatable bonds is 3. The predicted octanol–water partition coefficient (Wildman–Crippen LogP) is 3.34.